The number of nitrogens with one attached hydrogen (secondary N) is 4. The van der Waals surface area contributed by atoms with E-state index in [2.05, 4.69) is 20.9 Å². The molecule has 2 aromatic carbocycles. The zero-order valence-electron chi connectivity index (χ0n) is 37.8. The molecule has 4 aliphatic carbocycles. The third-order valence-corrected chi connectivity index (χ3v) is 13.4. The van der Waals surface area contributed by atoms with Gasteiger partial charge < -0.3 is 36.1 Å². The van der Waals surface area contributed by atoms with Crippen LogP contribution in [0.4, 0.5) is 4.79 Å². The van der Waals surface area contributed by atoms with E-state index in [-0.39, 0.29) is 37.6 Å². The summed E-state index contributed by atoms with van der Waals surface area (Å²) in [6.45, 7) is 9.42. The van der Waals surface area contributed by atoms with Crippen molar-refractivity contribution in [3.05, 3.63) is 81.9 Å². The van der Waals surface area contributed by atoms with Crippen molar-refractivity contribution in [3.63, 3.8) is 0 Å². The van der Waals surface area contributed by atoms with Gasteiger partial charge in [0.25, 0.3) is 5.96 Å². The highest BCUT2D eigenvalue weighted by Crippen LogP contribution is 2.64. The molecule has 1 saturated heterocycles. The van der Waals surface area contributed by atoms with Gasteiger partial charge in [0, 0.05) is 31.3 Å². The van der Waals surface area contributed by atoms with Gasteiger partial charge in [0.2, 0.25) is 17.7 Å². The minimum atomic E-state index is -1.27. The average molecular weight is 887 g/mol. The van der Waals surface area contributed by atoms with E-state index in [9.17, 15) is 34.1 Å². The Kier molecular flexibility index (Phi) is 15.2. The standard InChI is InChI=1S/C47H66N8O9/c1-45(2,3)64-44(60)52-36(25-30-14-8-6-9-15-30)40(57)50-35(18-12-20-49-43(48)53-55(61)62)39(56)51-37(26-31-16-10-7-11-17-31)41(58)54-21-13-19-38(54)42(59)63-46(4,5)47-27-32-22-33(28-47)24-34(23-32)29-47/h6-11,14-17,32-38H,12-13,18-29H2,1-5H3,(H,50,57)(H,51,56)(H,52,60)(H3,48,49,53)/t32?,33?,34?,35-,36-,37-,38-,47?/m0/s1. The van der Waals surface area contributed by atoms with E-state index in [0.29, 0.717) is 37.1 Å². The number of nitrogens with zero attached hydrogens (tertiary/aromatic N) is 3. The predicted molar refractivity (Wildman–Crippen MR) is 239 cm³/mol. The number of guanidine groups is 1. The van der Waals surface area contributed by atoms with Gasteiger partial charge in [-0.25, -0.2) is 24.7 Å². The second-order valence-corrected chi connectivity index (χ2v) is 19.8. The first-order valence-electron chi connectivity index (χ1n) is 22.7. The van der Waals surface area contributed by atoms with Crippen LogP contribution in [0.2, 0.25) is 0 Å². The van der Waals surface area contributed by atoms with E-state index in [1.54, 1.807) is 50.5 Å². The van der Waals surface area contributed by atoms with E-state index in [4.69, 9.17) is 15.2 Å². The summed E-state index contributed by atoms with van der Waals surface area (Å²) >= 11 is 0. The van der Waals surface area contributed by atoms with Crippen molar-refractivity contribution in [2.45, 2.75) is 147 Å². The molecule has 64 heavy (non-hydrogen) atoms. The van der Waals surface area contributed by atoms with Gasteiger partial charge in [-0.1, -0.05) is 66.1 Å². The molecule has 17 nitrogen and oxygen atoms in total. The molecule has 0 aromatic heterocycles. The second kappa shape index (κ2) is 20.4. The molecule has 0 spiro atoms. The smallest absolute Gasteiger partial charge is 0.408 e. The molecule has 1 aliphatic heterocycles. The largest absolute Gasteiger partial charge is 0.458 e. The summed E-state index contributed by atoms with van der Waals surface area (Å²) in [5.74, 6) is -0.719. The number of rotatable bonds is 18. The summed E-state index contributed by atoms with van der Waals surface area (Å²) in [5, 5.41) is 18.4. The van der Waals surface area contributed by atoms with Gasteiger partial charge in [-0.05, 0) is 128 Å². The van der Waals surface area contributed by atoms with E-state index >= 15 is 0 Å². The highest BCUT2D eigenvalue weighted by molar-refractivity contribution is 5.95. The zero-order valence-corrected chi connectivity index (χ0v) is 37.8. The number of nitro groups is 1. The number of benzene rings is 2. The first-order valence-corrected chi connectivity index (χ1v) is 22.7. The third-order valence-electron chi connectivity index (χ3n) is 13.4. The van der Waals surface area contributed by atoms with Crippen LogP contribution < -0.4 is 27.1 Å². The normalized spacial score (nSPS) is 24.2. The quantitative estimate of drug-likeness (QED) is 0.0342. The Morgan fingerprint density at radius 3 is 1.89 bits per heavy atom. The van der Waals surface area contributed by atoms with E-state index < -0.39 is 76.1 Å². The van der Waals surface area contributed by atoms with Crippen LogP contribution in [0.3, 0.4) is 0 Å². The summed E-state index contributed by atoms with van der Waals surface area (Å²) in [5.41, 5.74) is 7.23. The predicted octanol–water partition coefficient (Wildman–Crippen LogP) is 4.74. The van der Waals surface area contributed by atoms with E-state index in [1.165, 1.54) is 24.2 Å². The molecule has 5 aliphatic rings. The number of hydrazine groups is 1. The van der Waals surface area contributed by atoms with Crippen LogP contribution in [0.25, 0.3) is 0 Å². The molecule has 7 rings (SSSR count). The van der Waals surface area contributed by atoms with Crippen LogP contribution in [-0.2, 0) is 41.5 Å². The molecule has 348 valence electrons. The number of carbonyl (C=O) groups excluding carboxylic acids is 5. The number of alkyl carbamates (subject to hydrolysis) is 1. The Bertz CT molecular complexity index is 1990. The number of carbonyl (C=O) groups is 5. The van der Waals surface area contributed by atoms with Crippen LogP contribution >= 0.6 is 0 Å². The van der Waals surface area contributed by atoms with Crippen molar-refractivity contribution in [3.8, 4) is 0 Å². The number of nitrogens with two attached hydrogens (primary N) is 1. The number of ether oxygens (including phenoxy) is 2. The molecule has 0 radical (unpaired) electrons. The fraction of sp³-hybridized carbons (Fsp3) is 0.617. The van der Waals surface area contributed by atoms with Gasteiger partial charge in [0.1, 0.15) is 35.4 Å². The fourth-order valence-electron chi connectivity index (χ4n) is 10.7. The van der Waals surface area contributed by atoms with Crippen molar-refractivity contribution in [1.82, 2.24) is 26.3 Å². The van der Waals surface area contributed by atoms with Crippen molar-refractivity contribution < 1.29 is 38.5 Å². The first-order chi connectivity index (χ1) is 30.3. The van der Waals surface area contributed by atoms with Gasteiger partial charge in [-0.15, -0.1) is 0 Å². The zero-order chi connectivity index (χ0) is 46.2. The van der Waals surface area contributed by atoms with Crippen LogP contribution in [0.5, 0.6) is 0 Å². The van der Waals surface area contributed by atoms with Crippen LogP contribution in [0, 0.1) is 33.3 Å². The number of aliphatic imine (C=N–C) groups is 1. The van der Waals surface area contributed by atoms with Gasteiger partial charge >= 0.3 is 12.1 Å². The molecule has 0 unspecified atom stereocenters. The molecule has 2 aromatic rings. The molecule has 6 N–H and O–H groups in total. The van der Waals surface area contributed by atoms with Crippen molar-refractivity contribution in [1.29, 1.82) is 0 Å². The minimum Gasteiger partial charge on any atom is -0.458 e. The molecule has 17 heteroatoms. The Labute approximate surface area is 375 Å². The lowest BCUT2D eigenvalue weighted by Gasteiger charge is -2.61. The van der Waals surface area contributed by atoms with Crippen molar-refractivity contribution >= 4 is 35.7 Å². The summed E-state index contributed by atoms with van der Waals surface area (Å²) in [4.78, 5) is 87.0. The lowest BCUT2D eigenvalue weighted by Crippen LogP contribution is -2.60. The molecule has 1 heterocycles. The number of hydrogen-bond acceptors (Lipinski definition) is 10. The summed E-state index contributed by atoms with van der Waals surface area (Å²) in [6, 6.07) is 13.8. The Balaban J connectivity index is 1.22. The molecule has 4 atom stereocenters. The highest BCUT2D eigenvalue weighted by atomic mass is 16.7. The van der Waals surface area contributed by atoms with Gasteiger partial charge in [-0.2, -0.15) is 0 Å². The lowest BCUT2D eigenvalue weighted by molar-refractivity contribution is -0.525. The third kappa shape index (κ3) is 12.5. The number of amides is 4. The Morgan fingerprint density at radius 1 is 0.812 bits per heavy atom. The maximum absolute atomic E-state index is 14.8. The molecular weight excluding hydrogens is 821 g/mol. The number of esters is 1. The summed E-state index contributed by atoms with van der Waals surface area (Å²) in [6.07, 6.45) is 7.37. The van der Waals surface area contributed by atoms with Crippen molar-refractivity contribution in [2.24, 2.45) is 33.9 Å². The minimum absolute atomic E-state index is 0.0262. The first kappa shape index (κ1) is 47.7. The molecular formula is C47H66N8O9. The van der Waals surface area contributed by atoms with E-state index in [0.717, 1.165) is 30.4 Å². The topological polar surface area (TPSA) is 237 Å². The van der Waals surface area contributed by atoms with E-state index in [1.807, 2.05) is 50.2 Å². The molecule has 4 bridgehead atoms. The fourth-order valence-corrected chi connectivity index (χ4v) is 10.7. The van der Waals surface area contributed by atoms with Gasteiger partial charge in [-0.3, -0.25) is 14.4 Å². The summed E-state index contributed by atoms with van der Waals surface area (Å²) in [7, 11) is 0. The number of hydrogen-bond donors (Lipinski definition) is 5. The number of likely N-dealkylation sites (tertiary alicyclic amines) is 1. The van der Waals surface area contributed by atoms with Crippen molar-refractivity contribution in [2.75, 3.05) is 13.1 Å². The molecule has 4 saturated carbocycles. The van der Waals surface area contributed by atoms with Crippen LogP contribution in [-0.4, -0.2) is 94.1 Å². The van der Waals surface area contributed by atoms with Crippen LogP contribution in [0.1, 0.15) is 110 Å². The Morgan fingerprint density at radius 2 is 1.34 bits per heavy atom. The maximum atomic E-state index is 14.8. The van der Waals surface area contributed by atoms with Gasteiger partial charge in [0.05, 0.1) is 0 Å². The lowest BCUT2D eigenvalue weighted by atomic mass is 9.46. The Hall–Kier alpha value is -5.74. The molecule has 4 amide bonds. The SMILES string of the molecule is CC(C)(C)OC(=O)N[C@@H](Cc1ccccc1)C(=O)N[C@@H](CCCN=C(N)N[N+](=O)[O-])C(=O)N[C@@H](Cc1ccccc1)C(=O)N1CCC[C@H]1C(=O)OC(C)(C)C12CC3CC(CC(C3)C1)C2. The van der Waals surface area contributed by atoms with Gasteiger partial charge in [0.15, 0.2) is 5.03 Å². The monoisotopic (exact) mass is 886 g/mol. The average Bonchev–Trinajstić information content (AvgIpc) is 3.71. The summed E-state index contributed by atoms with van der Waals surface area (Å²) < 4.78 is 12.0. The van der Waals surface area contributed by atoms with Crippen LogP contribution in [0.15, 0.2) is 65.7 Å². The highest BCUT2D eigenvalue weighted by Gasteiger charge is 2.59. The second-order valence-electron chi connectivity index (χ2n) is 19.8. The molecule has 5 fully saturated rings. The maximum Gasteiger partial charge on any atom is 0.408 e.